The Morgan fingerprint density at radius 2 is 2.00 bits per heavy atom. The number of hydrogen-bond donors (Lipinski definition) is 2. The second kappa shape index (κ2) is 10.7. The monoisotopic (exact) mass is 501 g/mol. The summed E-state index contributed by atoms with van der Waals surface area (Å²) in [6, 6.07) is 8.00. The van der Waals surface area contributed by atoms with Gasteiger partial charge < -0.3 is 5.32 Å². The Hall–Kier alpha value is -3.75. The number of allylic oxidation sites excluding steroid dienone is 2. The van der Waals surface area contributed by atoms with Crippen molar-refractivity contribution < 1.29 is 4.79 Å². The molecule has 2 unspecified atom stereocenters. The molecule has 194 valence electrons. The Kier molecular flexibility index (Phi) is 7.21. The number of hydrogen-bond acceptors (Lipinski definition) is 6. The second-order valence-electron chi connectivity index (χ2n) is 10.3. The average molecular weight is 502 g/mol. The Morgan fingerprint density at radius 1 is 1.19 bits per heavy atom. The van der Waals surface area contributed by atoms with Gasteiger partial charge in [-0.25, -0.2) is 4.79 Å². The fourth-order valence-electron chi connectivity index (χ4n) is 5.82. The Morgan fingerprint density at radius 3 is 2.73 bits per heavy atom. The maximum absolute atomic E-state index is 14.0. The fourth-order valence-corrected chi connectivity index (χ4v) is 5.82. The Balaban J connectivity index is 1.58. The molecule has 3 aromatic rings. The van der Waals surface area contributed by atoms with E-state index in [1.807, 2.05) is 39.9 Å². The molecule has 0 spiro atoms. The van der Waals surface area contributed by atoms with Gasteiger partial charge in [-0.05, 0) is 61.9 Å². The predicted octanol–water partition coefficient (Wildman–Crippen LogP) is 4.06. The fraction of sp³-hybridized carbons (Fsp3) is 0.464. The van der Waals surface area contributed by atoms with Crippen molar-refractivity contribution in [3.8, 4) is 11.4 Å². The molecular weight excluding hydrogens is 466 g/mol. The number of aryl methyl sites for hydroxylation is 1. The van der Waals surface area contributed by atoms with Gasteiger partial charge in [-0.2, -0.15) is 5.21 Å². The smallest absolute Gasteiger partial charge is 0.328 e. The quantitative estimate of drug-likeness (QED) is 0.458. The van der Waals surface area contributed by atoms with Gasteiger partial charge in [0.05, 0.1) is 5.41 Å². The first-order valence-corrected chi connectivity index (χ1v) is 13.3. The minimum Gasteiger partial charge on any atom is -0.368 e. The van der Waals surface area contributed by atoms with Gasteiger partial charge in [-0.3, -0.25) is 13.9 Å². The van der Waals surface area contributed by atoms with E-state index < -0.39 is 5.41 Å². The number of dihydropyridines is 1. The highest BCUT2D eigenvalue weighted by Gasteiger charge is 2.35. The van der Waals surface area contributed by atoms with Crippen LogP contribution in [0.25, 0.3) is 11.4 Å². The lowest BCUT2D eigenvalue weighted by Crippen LogP contribution is -2.39. The molecule has 2 aromatic heterocycles. The lowest BCUT2D eigenvalue weighted by atomic mass is 9.78. The highest BCUT2D eigenvalue weighted by molar-refractivity contribution is 5.78. The minimum absolute atomic E-state index is 0.0294. The number of H-pyrrole nitrogens is 1. The van der Waals surface area contributed by atoms with E-state index in [1.54, 1.807) is 6.92 Å². The molecule has 9 heteroatoms. The molecule has 0 amide bonds. The zero-order valence-electron chi connectivity index (χ0n) is 21.6. The summed E-state index contributed by atoms with van der Waals surface area (Å²) in [6.07, 6.45) is 16.7. The summed E-state index contributed by atoms with van der Waals surface area (Å²) in [7, 11) is 0. The maximum Gasteiger partial charge on any atom is 0.328 e. The SMILES string of the molecule is CCCCc1cn(C2CCCCC2C(C)=O)c(=O)n1CC1(c2cccc(-c3nn[nH]n3)c2)C=CNC=C1. The summed E-state index contributed by atoms with van der Waals surface area (Å²) in [5.74, 6) is 0.609. The molecule has 0 radical (unpaired) electrons. The molecule has 1 aromatic carbocycles. The van der Waals surface area contributed by atoms with Crippen molar-refractivity contribution in [3.63, 3.8) is 0 Å². The minimum atomic E-state index is -0.547. The number of nitrogens with zero attached hydrogens (tertiary/aromatic N) is 5. The zero-order chi connectivity index (χ0) is 25.8. The Bertz CT molecular complexity index is 1340. The van der Waals surface area contributed by atoms with E-state index in [1.165, 1.54) is 0 Å². The van der Waals surface area contributed by atoms with Crippen LogP contribution in [0.2, 0.25) is 0 Å². The summed E-state index contributed by atoms with van der Waals surface area (Å²) >= 11 is 0. The van der Waals surface area contributed by atoms with Crippen LogP contribution >= 0.6 is 0 Å². The van der Waals surface area contributed by atoms with Gasteiger partial charge in [0.1, 0.15) is 5.78 Å². The van der Waals surface area contributed by atoms with Crippen LogP contribution in [-0.4, -0.2) is 35.5 Å². The third-order valence-corrected chi connectivity index (χ3v) is 7.86. The van der Waals surface area contributed by atoms with Crippen LogP contribution in [0.15, 0.2) is 59.8 Å². The van der Waals surface area contributed by atoms with Gasteiger partial charge >= 0.3 is 5.69 Å². The van der Waals surface area contributed by atoms with Crippen LogP contribution in [-0.2, 0) is 23.2 Å². The summed E-state index contributed by atoms with van der Waals surface area (Å²) in [5.41, 5.74) is 2.33. The standard InChI is InChI=1S/C28H35N7O2/c1-3-4-10-23-18-34(25-12-6-5-11-24(25)20(2)36)27(37)35(23)19-28(13-15-29-16-14-28)22-9-7-8-21(17-22)26-30-32-33-31-26/h7-9,13-18,24-25,29H,3-6,10-12,19H2,1-2H3,(H,30,31,32,33). The molecule has 0 saturated heterocycles. The van der Waals surface area contributed by atoms with Crippen LogP contribution in [0.1, 0.15) is 69.7 Å². The number of nitrogens with one attached hydrogen (secondary N) is 2. The molecule has 37 heavy (non-hydrogen) atoms. The van der Waals surface area contributed by atoms with Crippen molar-refractivity contribution in [2.24, 2.45) is 5.92 Å². The van der Waals surface area contributed by atoms with Gasteiger partial charge in [-0.15, -0.1) is 10.2 Å². The second-order valence-corrected chi connectivity index (χ2v) is 10.3. The van der Waals surface area contributed by atoms with Crippen molar-refractivity contribution in [1.82, 2.24) is 35.1 Å². The molecule has 2 aliphatic rings. The molecule has 1 aliphatic carbocycles. The van der Waals surface area contributed by atoms with Crippen LogP contribution in [0, 0.1) is 5.92 Å². The number of rotatable bonds is 9. The number of carbonyl (C=O) groups is 1. The van der Waals surface area contributed by atoms with Crippen molar-refractivity contribution in [2.75, 3.05) is 0 Å². The van der Waals surface area contributed by atoms with E-state index in [9.17, 15) is 9.59 Å². The number of unbranched alkanes of at least 4 members (excludes halogenated alkanes) is 1. The van der Waals surface area contributed by atoms with E-state index >= 15 is 0 Å². The van der Waals surface area contributed by atoms with Crippen LogP contribution in [0.3, 0.4) is 0 Å². The molecule has 9 nitrogen and oxygen atoms in total. The average Bonchev–Trinajstić information content (AvgIpc) is 3.57. The van der Waals surface area contributed by atoms with Gasteiger partial charge in [0, 0.05) is 36.0 Å². The topological polar surface area (TPSA) is 110 Å². The number of imidazole rings is 1. The largest absolute Gasteiger partial charge is 0.368 e. The first-order valence-electron chi connectivity index (χ1n) is 13.3. The molecule has 0 bridgehead atoms. The van der Waals surface area contributed by atoms with Gasteiger partial charge in [0.15, 0.2) is 0 Å². The number of benzene rings is 1. The van der Waals surface area contributed by atoms with E-state index in [0.717, 1.165) is 61.8 Å². The molecule has 2 atom stereocenters. The normalized spacial score (nSPS) is 20.6. The molecule has 1 saturated carbocycles. The van der Waals surface area contributed by atoms with Crippen molar-refractivity contribution in [3.05, 3.63) is 76.8 Å². The summed E-state index contributed by atoms with van der Waals surface area (Å²) < 4.78 is 3.80. The molecule has 1 fully saturated rings. The van der Waals surface area contributed by atoms with Crippen LogP contribution in [0.5, 0.6) is 0 Å². The van der Waals surface area contributed by atoms with Crippen LogP contribution in [0.4, 0.5) is 0 Å². The number of carbonyl (C=O) groups excluding carboxylic acids is 1. The van der Waals surface area contributed by atoms with Crippen LogP contribution < -0.4 is 11.0 Å². The number of tetrazole rings is 1. The van der Waals surface area contributed by atoms with Crippen molar-refractivity contribution >= 4 is 5.78 Å². The lowest BCUT2D eigenvalue weighted by molar-refractivity contribution is -0.123. The number of aromatic nitrogens is 6. The Labute approximate surface area is 216 Å². The summed E-state index contributed by atoms with van der Waals surface area (Å²) in [4.78, 5) is 26.5. The predicted molar refractivity (Wildman–Crippen MR) is 142 cm³/mol. The molecular formula is C28H35N7O2. The molecule has 3 heterocycles. The van der Waals surface area contributed by atoms with Crippen molar-refractivity contribution in [1.29, 1.82) is 0 Å². The summed E-state index contributed by atoms with van der Waals surface area (Å²) in [5, 5.41) is 17.6. The molecule has 2 N–H and O–H groups in total. The first-order chi connectivity index (χ1) is 18.0. The third kappa shape index (κ3) is 4.95. The lowest BCUT2D eigenvalue weighted by Gasteiger charge is -2.32. The highest BCUT2D eigenvalue weighted by Crippen LogP contribution is 2.36. The van der Waals surface area contributed by atoms with Gasteiger partial charge in [0.25, 0.3) is 0 Å². The van der Waals surface area contributed by atoms with E-state index in [0.29, 0.717) is 12.4 Å². The number of ketones is 1. The van der Waals surface area contributed by atoms with E-state index in [2.05, 4.69) is 57.1 Å². The third-order valence-electron chi connectivity index (χ3n) is 7.86. The van der Waals surface area contributed by atoms with Gasteiger partial charge in [0.2, 0.25) is 5.82 Å². The maximum atomic E-state index is 14.0. The first kappa shape index (κ1) is 24.9. The molecule has 1 aliphatic heterocycles. The number of Topliss-reactive ketones (excluding diaryl/α,β-unsaturated/α-hetero) is 1. The van der Waals surface area contributed by atoms with E-state index in [4.69, 9.17) is 0 Å². The number of aromatic amines is 1. The van der Waals surface area contributed by atoms with E-state index in [-0.39, 0.29) is 23.4 Å². The highest BCUT2D eigenvalue weighted by atomic mass is 16.2. The summed E-state index contributed by atoms with van der Waals surface area (Å²) in [6.45, 7) is 4.29. The zero-order valence-corrected chi connectivity index (χ0v) is 21.6. The molecule has 5 rings (SSSR count). The van der Waals surface area contributed by atoms with Crippen molar-refractivity contribution in [2.45, 2.75) is 76.8 Å². The van der Waals surface area contributed by atoms with Gasteiger partial charge in [-0.1, -0.05) is 56.5 Å².